The summed E-state index contributed by atoms with van der Waals surface area (Å²) in [7, 11) is -0.375. The summed E-state index contributed by atoms with van der Waals surface area (Å²) >= 11 is 0. The van der Waals surface area contributed by atoms with Crippen molar-refractivity contribution in [2.45, 2.75) is 26.2 Å². The lowest BCUT2D eigenvalue weighted by atomic mass is 9.83. The van der Waals surface area contributed by atoms with Crippen LogP contribution in [0, 0.1) is 0 Å². The fourth-order valence-corrected chi connectivity index (χ4v) is 2.27. The van der Waals surface area contributed by atoms with Crippen molar-refractivity contribution in [3.05, 3.63) is 41.2 Å². The highest BCUT2D eigenvalue weighted by atomic mass is 31.2. The topological polar surface area (TPSA) is 49.7 Å². The molecule has 4 heteroatoms. The van der Waals surface area contributed by atoms with E-state index in [0.717, 1.165) is 11.3 Å². The molecule has 1 rings (SSSR count). The van der Waals surface area contributed by atoms with Crippen LogP contribution >= 0.6 is 8.38 Å². The number of para-hydroxylation sites is 1. The SMILES string of the molecule is COc1ccccc1C(C)(C)/C=C(/C)P(O)O. The maximum Gasteiger partial charge on any atom is 0.194 e. The molecule has 0 aromatic heterocycles. The van der Waals surface area contributed by atoms with Crippen molar-refractivity contribution in [1.29, 1.82) is 0 Å². The minimum atomic E-state index is -2.01. The van der Waals surface area contributed by atoms with E-state index in [9.17, 15) is 9.79 Å². The molecule has 0 bridgehead atoms. The van der Waals surface area contributed by atoms with Gasteiger partial charge in [0.15, 0.2) is 8.38 Å². The van der Waals surface area contributed by atoms with Crippen LogP contribution in [-0.4, -0.2) is 16.9 Å². The molecule has 0 fully saturated rings. The second kappa shape index (κ2) is 5.63. The molecule has 2 N–H and O–H groups in total. The predicted molar refractivity (Wildman–Crippen MR) is 71.1 cm³/mol. The molecule has 0 saturated heterocycles. The summed E-state index contributed by atoms with van der Waals surface area (Å²) in [6.45, 7) is 5.77. The van der Waals surface area contributed by atoms with Gasteiger partial charge in [-0.1, -0.05) is 38.1 Å². The van der Waals surface area contributed by atoms with Gasteiger partial charge in [0.05, 0.1) is 7.11 Å². The Hall–Kier alpha value is -0.890. The van der Waals surface area contributed by atoms with Crippen LogP contribution in [0.15, 0.2) is 35.7 Å². The molecule has 1 aromatic rings. The van der Waals surface area contributed by atoms with Crippen molar-refractivity contribution >= 4 is 8.38 Å². The number of hydrogen-bond donors (Lipinski definition) is 2. The Kier molecular flexibility index (Phi) is 4.70. The van der Waals surface area contributed by atoms with Crippen LogP contribution in [0.2, 0.25) is 0 Å². The maximum atomic E-state index is 9.18. The number of benzene rings is 1. The molecular formula is C13H19O3P. The third-order valence-electron chi connectivity index (χ3n) is 2.69. The van der Waals surface area contributed by atoms with Crippen LogP contribution < -0.4 is 4.74 Å². The standard InChI is InChI=1S/C13H19O3P/c1-10(17(14)15)9-13(2,3)11-7-5-6-8-12(11)16-4/h5-9,14-15H,1-4H3/b10-9-. The van der Waals surface area contributed by atoms with Gasteiger partial charge in [0.1, 0.15) is 5.75 Å². The van der Waals surface area contributed by atoms with Gasteiger partial charge in [-0.15, -0.1) is 0 Å². The van der Waals surface area contributed by atoms with Crippen LogP contribution in [0.4, 0.5) is 0 Å². The average molecular weight is 254 g/mol. The van der Waals surface area contributed by atoms with Crippen LogP contribution in [0.25, 0.3) is 0 Å². The van der Waals surface area contributed by atoms with E-state index in [2.05, 4.69) is 0 Å². The third-order valence-corrected chi connectivity index (χ3v) is 3.45. The van der Waals surface area contributed by atoms with E-state index in [1.54, 1.807) is 14.0 Å². The van der Waals surface area contributed by atoms with Crippen molar-refractivity contribution in [3.63, 3.8) is 0 Å². The first-order chi connectivity index (χ1) is 7.88. The summed E-state index contributed by atoms with van der Waals surface area (Å²) in [5.41, 5.74) is 0.724. The van der Waals surface area contributed by atoms with Gasteiger partial charge < -0.3 is 14.5 Å². The summed E-state index contributed by atoms with van der Waals surface area (Å²) in [5, 5.41) is 0.593. The molecule has 0 radical (unpaired) electrons. The van der Waals surface area contributed by atoms with E-state index in [0.29, 0.717) is 5.31 Å². The number of ether oxygens (including phenoxy) is 1. The second-order valence-corrected chi connectivity index (χ2v) is 5.78. The summed E-state index contributed by atoms with van der Waals surface area (Å²) in [6.07, 6.45) is 1.87. The van der Waals surface area contributed by atoms with Crippen molar-refractivity contribution in [2.24, 2.45) is 0 Å². The number of methoxy groups -OCH3 is 1. The van der Waals surface area contributed by atoms with Gasteiger partial charge in [0, 0.05) is 16.3 Å². The summed E-state index contributed by atoms with van der Waals surface area (Å²) in [5.74, 6) is 0.807. The highest BCUT2D eigenvalue weighted by molar-refractivity contribution is 7.49. The maximum absolute atomic E-state index is 9.18. The lowest BCUT2D eigenvalue weighted by Crippen LogP contribution is -2.15. The summed E-state index contributed by atoms with van der Waals surface area (Å²) in [6, 6.07) is 7.75. The Morgan fingerprint density at radius 3 is 2.41 bits per heavy atom. The molecule has 1 aromatic carbocycles. The van der Waals surface area contributed by atoms with Crippen LogP contribution in [-0.2, 0) is 5.41 Å². The van der Waals surface area contributed by atoms with Gasteiger partial charge in [-0.05, 0) is 13.0 Å². The summed E-state index contributed by atoms with van der Waals surface area (Å²) in [4.78, 5) is 18.4. The molecule has 3 nitrogen and oxygen atoms in total. The molecule has 0 aliphatic rings. The van der Waals surface area contributed by atoms with E-state index < -0.39 is 8.38 Å². The molecule has 0 spiro atoms. The largest absolute Gasteiger partial charge is 0.496 e. The smallest absolute Gasteiger partial charge is 0.194 e. The fourth-order valence-electron chi connectivity index (χ4n) is 1.83. The first kappa shape index (κ1) is 14.2. The van der Waals surface area contributed by atoms with Gasteiger partial charge in [0.2, 0.25) is 0 Å². The molecule has 0 amide bonds. The molecule has 0 heterocycles. The predicted octanol–water partition coefficient (Wildman–Crippen LogP) is 3.17. The van der Waals surface area contributed by atoms with Crippen molar-refractivity contribution in [2.75, 3.05) is 7.11 Å². The molecule has 94 valence electrons. The van der Waals surface area contributed by atoms with Gasteiger partial charge in [-0.2, -0.15) is 0 Å². The van der Waals surface area contributed by atoms with Crippen molar-refractivity contribution in [1.82, 2.24) is 0 Å². The van der Waals surface area contributed by atoms with E-state index in [1.165, 1.54) is 0 Å². The molecular weight excluding hydrogens is 235 g/mol. The Labute approximate surface area is 104 Å². The molecule has 0 aliphatic heterocycles. The second-order valence-electron chi connectivity index (χ2n) is 4.50. The lowest BCUT2D eigenvalue weighted by Gasteiger charge is -2.24. The zero-order valence-corrected chi connectivity index (χ0v) is 11.5. The van der Waals surface area contributed by atoms with Gasteiger partial charge >= 0.3 is 0 Å². The number of allylic oxidation sites excluding steroid dienone is 2. The number of rotatable bonds is 4. The Morgan fingerprint density at radius 2 is 1.88 bits per heavy atom. The van der Waals surface area contributed by atoms with Crippen LogP contribution in [0.3, 0.4) is 0 Å². The van der Waals surface area contributed by atoms with E-state index in [-0.39, 0.29) is 5.41 Å². The van der Waals surface area contributed by atoms with Gasteiger partial charge in [0.25, 0.3) is 0 Å². The van der Waals surface area contributed by atoms with Crippen molar-refractivity contribution < 1.29 is 14.5 Å². The van der Waals surface area contributed by atoms with Gasteiger partial charge in [-0.3, -0.25) is 0 Å². The average Bonchev–Trinajstić information content (AvgIpc) is 2.28. The molecule has 0 atom stereocenters. The van der Waals surface area contributed by atoms with Crippen LogP contribution in [0.5, 0.6) is 5.75 Å². The normalized spacial score (nSPS) is 13.0. The third kappa shape index (κ3) is 3.53. The first-order valence-electron chi connectivity index (χ1n) is 5.39. The zero-order valence-electron chi connectivity index (χ0n) is 10.6. The van der Waals surface area contributed by atoms with Crippen molar-refractivity contribution in [3.8, 4) is 5.75 Å². The lowest BCUT2D eigenvalue weighted by molar-refractivity contribution is 0.402. The minimum absolute atomic E-state index is 0.303. The highest BCUT2D eigenvalue weighted by Gasteiger charge is 2.22. The quantitative estimate of drug-likeness (QED) is 0.811. The Bertz CT molecular complexity index is 411. The van der Waals surface area contributed by atoms with E-state index in [1.807, 2.05) is 44.2 Å². The molecule has 0 unspecified atom stereocenters. The first-order valence-corrected chi connectivity index (χ1v) is 6.64. The number of hydrogen-bond acceptors (Lipinski definition) is 3. The minimum Gasteiger partial charge on any atom is -0.496 e. The zero-order chi connectivity index (χ0) is 13.1. The Morgan fingerprint density at radius 1 is 1.29 bits per heavy atom. The molecule has 0 aliphatic carbocycles. The molecule has 0 saturated carbocycles. The summed E-state index contributed by atoms with van der Waals surface area (Å²) < 4.78 is 5.32. The molecule has 17 heavy (non-hydrogen) atoms. The van der Waals surface area contributed by atoms with Gasteiger partial charge in [-0.25, -0.2) is 0 Å². The van der Waals surface area contributed by atoms with Crippen LogP contribution in [0.1, 0.15) is 26.3 Å². The monoisotopic (exact) mass is 254 g/mol. The fraction of sp³-hybridized carbons (Fsp3) is 0.385. The highest BCUT2D eigenvalue weighted by Crippen LogP contribution is 2.40. The van der Waals surface area contributed by atoms with E-state index >= 15 is 0 Å². The Balaban J connectivity index is 3.17. The van der Waals surface area contributed by atoms with E-state index in [4.69, 9.17) is 4.74 Å².